The van der Waals surface area contributed by atoms with Crippen LogP contribution in [0.2, 0.25) is 0 Å². The van der Waals surface area contributed by atoms with Gasteiger partial charge in [0.25, 0.3) is 0 Å². The molecule has 1 aliphatic carbocycles. The zero-order valence-electron chi connectivity index (χ0n) is 18.3. The van der Waals surface area contributed by atoms with Crippen LogP contribution in [0, 0.1) is 0 Å². The van der Waals surface area contributed by atoms with Crippen molar-refractivity contribution < 1.29 is 24.2 Å². The number of amides is 2. The average Bonchev–Trinajstić information content (AvgIpc) is 3.33. The zero-order valence-corrected chi connectivity index (χ0v) is 18.3. The SMILES string of the molecule is CC(C)(NC(=O)OCC1c2ccccc2-c2ccccc21)C(=O)N1CCCC1CC(=O)O. The molecule has 7 heteroatoms. The van der Waals surface area contributed by atoms with Crippen LogP contribution in [0.3, 0.4) is 0 Å². The van der Waals surface area contributed by atoms with Gasteiger partial charge in [0.1, 0.15) is 12.1 Å². The number of aliphatic carboxylic acids is 1. The molecule has 0 saturated carbocycles. The van der Waals surface area contributed by atoms with Gasteiger partial charge in [-0.2, -0.15) is 0 Å². The number of carbonyl (C=O) groups is 3. The van der Waals surface area contributed by atoms with Crippen LogP contribution < -0.4 is 5.32 Å². The highest BCUT2D eigenvalue weighted by atomic mass is 16.5. The molecule has 1 saturated heterocycles. The second kappa shape index (κ2) is 8.65. The van der Waals surface area contributed by atoms with Crippen LogP contribution in [-0.4, -0.2) is 52.7 Å². The first-order chi connectivity index (χ1) is 15.3. The Morgan fingerprint density at radius 1 is 1.06 bits per heavy atom. The predicted octanol–water partition coefficient (Wildman–Crippen LogP) is 3.77. The standard InChI is InChI=1S/C25H28N2O5/c1-25(2,23(30)27-13-7-8-16(27)14-22(28)29)26-24(31)32-15-21-19-11-5-3-9-17(19)18-10-4-6-12-20(18)21/h3-6,9-12,16,21H,7-8,13-15H2,1-2H3,(H,26,31)(H,28,29). The smallest absolute Gasteiger partial charge is 0.408 e. The highest BCUT2D eigenvalue weighted by Crippen LogP contribution is 2.44. The van der Waals surface area contributed by atoms with Gasteiger partial charge in [0.2, 0.25) is 5.91 Å². The second-order valence-corrected chi connectivity index (χ2v) is 8.97. The highest BCUT2D eigenvalue weighted by Gasteiger charge is 2.40. The fourth-order valence-corrected chi connectivity index (χ4v) is 4.82. The molecular weight excluding hydrogens is 408 g/mol. The van der Waals surface area contributed by atoms with E-state index in [9.17, 15) is 14.4 Å². The molecule has 0 spiro atoms. The molecule has 0 bridgehead atoms. The third-order valence-electron chi connectivity index (χ3n) is 6.34. The molecule has 32 heavy (non-hydrogen) atoms. The summed E-state index contributed by atoms with van der Waals surface area (Å²) in [6.45, 7) is 3.89. The third-order valence-corrected chi connectivity index (χ3v) is 6.34. The van der Waals surface area contributed by atoms with Crippen molar-refractivity contribution >= 4 is 18.0 Å². The molecule has 2 aliphatic rings. The molecule has 7 nitrogen and oxygen atoms in total. The van der Waals surface area contributed by atoms with E-state index in [0.717, 1.165) is 28.7 Å². The topological polar surface area (TPSA) is 95.9 Å². The third kappa shape index (κ3) is 4.20. The number of fused-ring (bicyclic) bond motifs is 3. The van der Waals surface area contributed by atoms with E-state index in [1.807, 2.05) is 36.4 Å². The molecule has 1 atom stereocenters. The van der Waals surface area contributed by atoms with Gasteiger partial charge in [-0.1, -0.05) is 48.5 Å². The lowest BCUT2D eigenvalue weighted by molar-refractivity contribution is -0.142. The number of alkyl carbamates (subject to hydrolysis) is 1. The minimum absolute atomic E-state index is 0.0644. The monoisotopic (exact) mass is 436 g/mol. The molecule has 2 aromatic carbocycles. The highest BCUT2D eigenvalue weighted by molar-refractivity contribution is 5.90. The lowest BCUT2D eigenvalue weighted by atomic mass is 9.98. The largest absolute Gasteiger partial charge is 0.481 e. The van der Waals surface area contributed by atoms with Crippen molar-refractivity contribution in [3.8, 4) is 11.1 Å². The van der Waals surface area contributed by atoms with Gasteiger partial charge in [-0.3, -0.25) is 9.59 Å². The number of hydrogen-bond donors (Lipinski definition) is 2. The average molecular weight is 437 g/mol. The van der Waals surface area contributed by atoms with Crippen LogP contribution in [0.1, 0.15) is 50.2 Å². The molecule has 1 fully saturated rings. The number of nitrogens with one attached hydrogen (secondary N) is 1. The van der Waals surface area contributed by atoms with E-state index >= 15 is 0 Å². The summed E-state index contributed by atoms with van der Waals surface area (Å²) in [6.07, 6.45) is 0.649. The van der Waals surface area contributed by atoms with Gasteiger partial charge < -0.3 is 20.1 Å². The van der Waals surface area contributed by atoms with Gasteiger partial charge in [0, 0.05) is 18.5 Å². The summed E-state index contributed by atoms with van der Waals surface area (Å²) < 4.78 is 5.56. The van der Waals surface area contributed by atoms with E-state index in [0.29, 0.717) is 13.0 Å². The van der Waals surface area contributed by atoms with Gasteiger partial charge >= 0.3 is 12.1 Å². The number of carboxylic acid groups (broad SMARTS) is 1. The summed E-state index contributed by atoms with van der Waals surface area (Å²) in [5, 5.41) is 11.8. The van der Waals surface area contributed by atoms with E-state index in [1.165, 1.54) is 0 Å². The fourth-order valence-electron chi connectivity index (χ4n) is 4.82. The van der Waals surface area contributed by atoms with Crippen LogP contribution in [0.4, 0.5) is 4.79 Å². The molecule has 2 aromatic rings. The number of nitrogens with zero attached hydrogens (tertiary/aromatic N) is 1. The van der Waals surface area contributed by atoms with E-state index in [1.54, 1.807) is 18.7 Å². The maximum atomic E-state index is 13.0. The van der Waals surface area contributed by atoms with Gasteiger partial charge in [-0.15, -0.1) is 0 Å². The number of benzene rings is 2. The lowest BCUT2D eigenvalue weighted by Crippen LogP contribution is -2.57. The summed E-state index contributed by atoms with van der Waals surface area (Å²) in [6, 6.07) is 15.8. The molecular formula is C25H28N2O5. The van der Waals surface area contributed by atoms with E-state index in [2.05, 4.69) is 17.4 Å². The second-order valence-electron chi connectivity index (χ2n) is 8.97. The van der Waals surface area contributed by atoms with E-state index < -0.39 is 17.6 Å². The Balaban J connectivity index is 1.41. The Hall–Kier alpha value is -3.35. The summed E-state index contributed by atoms with van der Waals surface area (Å²) in [5.74, 6) is -1.29. The summed E-state index contributed by atoms with van der Waals surface area (Å²) >= 11 is 0. The summed E-state index contributed by atoms with van der Waals surface area (Å²) in [7, 11) is 0. The number of carbonyl (C=O) groups excluding carboxylic acids is 2. The molecule has 0 aromatic heterocycles. The molecule has 2 amide bonds. The normalized spacial score (nSPS) is 17.6. The minimum atomic E-state index is -1.20. The Kier molecular flexibility index (Phi) is 5.91. The minimum Gasteiger partial charge on any atom is -0.481 e. The van der Waals surface area contributed by atoms with Crippen LogP contribution in [0.5, 0.6) is 0 Å². The maximum absolute atomic E-state index is 13.0. The van der Waals surface area contributed by atoms with Crippen LogP contribution >= 0.6 is 0 Å². The van der Waals surface area contributed by atoms with Crippen molar-refractivity contribution in [3.63, 3.8) is 0 Å². The molecule has 168 valence electrons. The molecule has 4 rings (SSSR count). The van der Waals surface area contributed by atoms with Gasteiger partial charge in [0.05, 0.1) is 6.42 Å². The number of hydrogen-bond acceptors (Lipinski definition) is 4. The van der Waals surface area contributed by atoms with Crippen molar-refractivity contribution in [1.82, 2.24) is 10.2 Å². The Morgan fingerprint density at radius 3 is 2.25 bits per heavy atom. The summed E-state index contributed by atoms with van der Waals surface area (Å²) in [5.41, 5.74) is 3.32. The molecule has 1 aliphatic heterocycles. The van der Waals surface area contributed by atoms with Gasteiger partial charge in [0.15, 0.2) is 0 Å². The van der Waals surface area contributed by atoms with Crippen molar-refractivity contribution in [2.24, 2.45) is 0 Å². The van der Waals surface area contributed by atoms with E-state index in [4.69, 9.17) is 9.84 Å². The first-order valence-corrected chi connectivity index (χ1v) is 10.9. The predicted molar refractivity (Wildman–Crippen MR) is 119 cm³/mol. The zero-order chi connectivity index (χ0) is 22.9. The number of carboxylic acids is 1. The first kappa shape index (κ1) is 21.9. The van der Waals surface area contributed by atoms with Crippen molar-refractivity contribution in [1.29, 1.82) is 0 Å². The van der Waals surface area contributed by atoms with Gasteiger partial charge in [-0.05, 0) is 48.9 Å². The van der Waals surface area contributed by atoms with Crippen molar-refractivity contribution in [2.75, 3.05) is 13.2 Å². The Labute approximate surface area is 187 Å². The summed E-state index contributed by atoms with van der Waals surface area (Å²) in [4.78, 5) is 38.3. The van der Waals surface area contributed by atoms with Crippen molar-refractivity contribution in [2.45, 2.75) is 50.6 Å². The number of likely N-dealkylation sites (tertiary alicyclic amines) is 1. The molecule has 2 N–H and O–H groups in total. The molecule has 1 heterocycles. The van der Waals surface area contributed by atoms with Crippen molar-refractivity contribution in [3.05, 3.63) is 59.7 Å². The fraction of sp³-hybridized carbons (Fsp3) is 0.400. The Morgan fingerprint density at radius 2 is 1.66 bits per heavy atom. The first-order valence-electron chi connectivity index (χ1n) is 10.9. The Bertz CT molecular complexity index is 1000. The quantitative estimate of drug-likeness (QED) is 0.719. The lowest BCUT2D eigenvalue weighted by Gasteiger charge is -2.33. The van der Waals surface area contributed by atoms with Crippen LogP contribution in [0.25, 0.3) is 11.1 Å². The molecule has 0 radical (unpaired) electrons. The number of rotatable bonds is 6. The van der Waals surface area contributed by atoms with Crippen LogP contribution in [-0.2, 0) is 14.3 Å². The number of ether oxygens (including phenoxy) is 1. The maximum Gasteiger partial charge on any atom is 0.408 e. The molecule has 1 unspecified atom stereocenters. The van der Waals surface area contributed by atoms with Gasteiger partial charge in [-0.25, -0.2) is 4.79 Å². The van der Waals surface area contributed by atoms with E-state index in [-0.39, 0.29) is 30.9 Å². The van der Waals surface area contributed by atoms with Crippen LogP contribution in [0.15, 0.2) is 48.5 Å².